The van der Waals surface area contributed by atoms with Crippen LogP contribution in [-0.4, -0.2) is 24.4 Å². The van der Waals surface area contributed by atoms with E-state index in [9.17, 15) is 0 Å². The van der Waals surface area contributed by atoms with Gasteiger partial charge in [-0.3, -0.25) is 0 Å². The minimum absolute atomic E-state index is 0.0926. The highest BCUT2D eigenvalue weighted by molar-refractivity contribution is 9.10. The van der Waals surface area contributed by atoms with Gasteiger partial charge < -0.3 is 14.2 Å². The summed E-state index contributed by atoms with van der Waals surface area (Å²) in [7, 11) is 1.67. The average molecular weight is 491 g/mol. The van der Waals surface area contributed by atoms with E-state index in [1.165, 1.54) is 0 Å². The summed E-state index contributed by atoms with van der Waals surface area (Å²) < 4.78 is 18.4. The van der Waals surface area contributed by atoms with Crippen LogP contribution in [-0.2, 0) is 0 Å². The Morgan fingerprint density at radius 2 is 1.84 bits per heavy atom. The number of halogens is 1. The molecule has 2 aliphatic rings. The number of hydrogen-bond donors (Lipinski definition) is 0. The molecule has 0 saturated carbocycles. The number of hydrazone groups is 1. The average Bonchev–Trinajstić information content (AvgIpc) is 3.28. The summed E-state index contributed by atoms with van der Waals surface area (Å²) in [5, 5.41) is 7.10. The van der Waals surface area contributed by atoms with Gasteiger partial charge in [0.15, 0.2) is 0 Å². The molecule has 0 aliphatic carbocycles. The van der Waals surface area contributed by atoms with Gasteiger partial charge >= 0.3 is 0 Å². The Bertz CT molecular complexity index is 1160. The quantitative estimate of drug-likeness (QED) is 0.382. The fourth-order valence-electron chi connectivity index (χ4n) is 4.12. The molecule has 0 saturated heterocycles. The van der Waals surface area contributed by atoms with Gasteiger partial charge in [-0.05, 0) is 72.3 Å². The molecule has 0 bridgehead atoms. The van der Waals surface area contributed by atoms with Crippen LogP contribution in [0, 0.1) is 0 Å². The molecule has 0 aromatic heterocycles. The smallest absolute Gasteiger partial charge is 0.213 e. The SMILES string of the molecule is C=CCOc1ccc(C2=NN3[C@H](C2)c2cc(Br)ccc2O[C@@H]3c2ccc(OC)cc2)cc1. The summed E-state index contributed by atoms with van der Waals surface area (Å²) in [5.41, 5.74) is 4.27. The van der Waals surface area contributed by atoms with E-state index in [-0.39, 0.29) is 12.3 Å². The Kier molecular flexibility index (Phi) is 5.62. The van der Waals surface area contributed by atoms with Crippen molar-refractivity contribution >= 4 is 21.6 Å². The van der Waals surface area contributed by atoms with Gasteiger partial charge in [-0.15, -0.1) is 0 Å². The summed E-state index contributed by atoms with van der Waals surface area (Å²) in [4.78, 5) is 0. The molecule has 0 N–H and O–H groups in total. The third kappa shape index (κ3) is 3.86. The first-order valence-electron chi connectivity index (χ1n) is 10.5. The lowest BCUT2D eigenvalue weighted by Gasteiger charge is -2.38. The van der Waals surface area contributed by atoms with Gasteiger partial charge in [0.1, 0.15) is 23.9 Å². The van der Waals surface area contributed by atoms with E-state index in [0.29, 0.717) is 6.61 Å². The molecule has 2 atom stereocenters. The largest absolute Gasteiger partial charge is 0.497 e. The number of rotatable bonds is 6. The second kappa shape index (κ2) is 8.71. The first-order valence-corrected chi connectivity index (χ1v) is 11.3. The van der Waals surface area contributed by atoms with Crippen LogP contribution in [0.3, 0.4) is 0 Å². The zero-order valence-electron chi connectivity index (χ0n) is 17.7. The molecule has 3 aromatic carbocycles. The standard InChI is InChI=1S/C26H23BrN2O3/c1-3-14-31-21-11-4-17(5-12-21)23-16-24-22-15-19(27)8-13-25(22)32-26(29(24)28-23)18-6-9-20(30-2)10-7-18/h3-13,15,24,26H,1,14,16H2,2H3/t24-,26-/m1/s1. The predicted molar refractivity (Wildman–Crippen MR) is 128 cm³/mol. The van der Waals surface area contributed by atoms with Crippen molar-refractivity contribution < 1.29 is 14.2 Å². The summed E-state index contributed by atoms with van der Waals surface area (Å²) in [6, 6.07) is 22.3. The topological polar surface area (TPSA) is 43.3 Å². The fraction of sp³-hybridized carbons (Fsp3) is 0.192. The fourth-order valence-corrected chi connectivity index (χ4v) is 4.50. The van der Waals surface area contributed by atoms with E-state index < -0.39 is 0 Å². The van der Waals surface area contributed by atoms with Crippen molar-refractivity contribution in [1.82, 2.24) is 5.01 Å². The number of hydrogen-bond acceptors (Lipinski definition) is 5. The summed E-state index contributed by atoms with van der Waals surface area (Å²) in [5.74, 6) is 2.52. The van der Waals surface area contributed by atoms with Crippen molar-refractivity contribution in [3.63, 3.8) is 0 Å². The van der Waals surface area contributed by atoms with Gasteiger partial charge in [0, 0.05) is 22.0 Å². The van der Waals surface area contributed by atoms with E-state index >= 15 is 0 Å². The molecule has 0 radical (unpaired) electrons. The molecule has 0 fully saturated rings. The Labute approximate surface area is 196 Å². The van der Waals surface area contributed by atoms with Crippen LogP contribution in [0.5, 0.6) is 17.2 Å². The highest BCUT2D eigenvalue weighted by Gasteiger charge is 2.41. The summed E-state index contributed by atoms with van der Waals surface area (Å²) >= 11 is 3.61. The number of fused-ring (bicyclic) bond motifs is 3. The lowest BCUT2D eigenvalue weighted by molar-refractivity contribution is -0.0191. The lowest BCUT2D eigenvalue weighted by Crippen LogP contribution is -2.33. The maximum atomic E-state index is 6.44. The van der Waals surface area contributed by atoms with E-state index in [1.54, 1.807) is 13.2 Å². The Morgan fingerprint density at radius 3 is 2.56 bits per heavy atom. The highest BCUT2D eigenvalue weighted by Crippen LogP contribution is 2.48. The van der Waals surface area contributed by atoms with Gasteiger partial charge in [0.05, 0.1) is 18.9 Å². The molecule has 32 heavy (non-hydrogen) atoms. The third-order valence-electron chi connectivity index (χ3n) is 5.71. The molecule has 0 spiro atoms. The molecule has 2 aliphatic heterocycles. The predicted octanol–water partition coefficient (Wildman–Crippen LogP) is 6.26. The normalized spacial score (nSPS) is 18.8. The second-order valence-electron chi connectivity index (χ2n) is 7.70. The van der Waals surface area contributed by atoms with E-state index in [4.69, 9.17) is 19.3 Å². The van der Waals surface area contributed by atoms with Crippen molar-refractivity contribution in [1.29, 1.82) is 0 Å². The van der Waals surface area contributed by atoms with E-state index in [2.05, 4.69) is 45.7 Å². The van der Waals surface area contributed by atoms with E-state index in [1.807, 2.05) is 48.5 Å². The maximum absolute atomic E-state index is 6.44. The Morgan fingerprint density at radius 1 is 1.09 bits per heavy atom. The molecule has 2 heterocycles. The zero-order chi connectivity index (χ0) is 22.1. The molecule has 5 rings (SSSR count). The minimum Gasteiger partial charge on any atom is -0.497 e. The maximum Gasteiger partial charge on any atom is 0.213 e. The molecule has 6 heteroatoms. The number of benzene rings is 3. The Hall–Kier alpha value is -3.25. The molecule has 5 nitrogen and oxygen atoms in total. The number of ether oxygens (including phenoxy) is 3. The minimum atomic E-state index is -0.313. The summed E-state index contributed by atoms with van der Waals surface area (Å²) in [6.45, 7) is 4.18. The van der Waals surface area contributed by atoms with Gasteiger partial charge in [-0.25, -0.2) is 5.01 Å². The molecular weight excluding hydrogens is 468 g/mol. The zero-order valence-corrected chi connectivity index (χ0v) is 19.3. The van der Waals surface area contributed by atoms with Gasteiger partial charge in [-0.2, -0.15) is 5.10 Å². The monoisotopic (exact) mass is 490 g/mol. The highest BCUT2D eigenvalue weighted by atomic mass is 79.9. The number of nitrogens with zero attached hydrogens (tertiary/aromatic N) is 2. The van der Waals surface area contributed by atoms with Crippen LogP contribution >= 0.6 is 15.9 Å². The van der Waals surface area contributed by atoms with Crippen LogP contribution in [0.1, 0.15) is 35.4 Å². The molecular formula is C26H23BrN2O3. The number of methoxy groups -OCH3 is 1. The molecule has 3 aromatic rings. The third-order valence-corrected chi connectivity index (χ3v) is 6.20. The van der Waals surface area contributed by atoms with Crippen LogP contribution in [0.4, 0.5) is 0 Å². The van der Waals surface area contributed by atoms with Crippen molar-refractivity contribution in [3.05, 3.63) is 101 Å². The van der Waals surface area contributed by atoms with Crippen molar-refractivity contribution in [2.75, 3.05) is 13.7 Å². The van der Waals surface area contributed by atoms with E-state index in [0.717, 1.165) is 50.5 Å². The Balaban J connectivity index is 1.50. The second-order valence-corrected chi connectivity index (χ2v) is 8.61. The van der Waals surface area contributed by atoms with Crippen LogP contribution in [0.2, 0.25) is 0 Å². The first-order chi connectivity index (χ1) is 15.7. The molecule has 0 amide bonds. The van der Waals surface area contributed by atoms with Crippen molar-refractivity contribution in [2.24, 2.45) is 5.10 Å². The van der Waals surface area contributed by atoms with Crippen LogP contribution in [0.15, 0.2) is 89.0 Å². The van der Waals surface area contributed by atoms with Gasteiger partial charge in [0.25, 0.3) is 0 Å². The van der Waals surface area contributed by atoms with Gasteiger partial charge in [0.2, 0.25) is 6.23 Å². The summed E-state index contributed by atoms with van der Waals surface area (Å²) in [6.07, 6.45) is 2.22. The lowest BCUT2D eigenvalue weighted by atomic mass is 9.96. The van der Waals surface area contributed by atoms with Crippen LogP contribution in [0.25, 0.3) is 0 Å². The molecule has 0 unspecified atom stereocenters. The van der Waals surface area contributed by atoms with Crippen molar-refractivity contribution in [2.45, 2.75) is 18.7 Å². The first kappa shape index (κ1) is 20.6. The molecule has 162 valence electrons. The van der Waals surface area contributed by atoms with Crippen molar-refractivity contribution in [3.8, 4) is 17.2 Å². The van der Waals surface area contributed by atoms with Gasteiger partial charge in [-0.1, -0.05) is 28.6 Å². The van der Waals surface area contributed by atoms with Crippen LogP contribution < -0.4 is 14.2 Å².